The maximum atomic E-state index is 12.7. The molecule has 0 aliphatic heterocycles. The predicted octanol–water partition coefficient (Wildman–Crippen LogP) is 2.44. The number of rotatable bonds is 9. The highest BCUT2D eigenvalue weighted by atomic mass is 16.6. The summed E-state index contributed by atoms with van der Waals surface area (Å²) in [5.74, 6) is -2.44. The lowest BCUT2D eigenvalue weighted by atomic mass is 9.94. The number of nitrogens with zero attached hydrogens (tertiary/aromatic N) is 1. The van der Waals surface area contributed by atoms with Crippen molar-refractivity contribution in [2.75, 3.05) is 13.2 Å². The first-order chi connectivity index (χ1) is 13.0. The van der Waals surface area contributed by atoms with E-state index in [2.05, 4.69) is 0 Å². The summed E-state index contributed by atoms with van der Waals surface area (Å²) in [6.07, 6.45) is 2.49. The number of hydrogen-bond acceptors (Lipinski definition) is 6. The fourth-order valence-electron chi connectivity index (χ4n) is 2.62. The predicted molar refractivity (Wildman–Crippen MR) is 96.5 cm³/mol. The molecular formula is C20H23NO6. The van der Waals surface area contributed by atoms with Crippen LogP contribution in [0.25, 0.3) is 0 Å². The Hall–Kier alpha value is -3.09. The Balaban J connectivity index is 2.28. The molecule has 1 aromatic carbocycles. The number of ether oxygens (including phenoxy) is 3. The minimum absolute atomic E-state index is 0.0348. The van der Waals surface area contributed by atoms with E-state index in [4.69, 9.17) is 14.2 Å². The first kappa shape index (κ1) is 20.2. The molecule has 0 aliphatic carbocycles. The van der Waals surface area contributed by atoms with Gasteiger partial charge in [-0.2, -0.15) is 0 Å². The van der Waals surface area contributed by atoms with Gasteiger partial charge in [0.25, 0.3) is 0 Å². The molecule has 0 amide bonds. The maximum Gasteiger partial charge on any atom is 0.344 e. The highest BCUT2D eigenvalue weighted by Crippen LogP contribution is 2.27. The third-order valence-electron chi connectivity index (χ3n) is 3.91. The van der Waals surface area contributed by atoms with Gasteiger partial charge in [0.15, 0.2) is 0 Å². The van der Waals surface area contributed by atoms with Gasteiger partial charge in [0, 0.05) is 12.4 Å². The maximum absolute atomic E-state index is 12.7. The summed E-state index contributed by atoms with van der Waals surface area (Å²) in [6.45, 7) is 3.39. The average Bonchev–Trinajstić information content (AvgIpc) is 3.20. The molecule has 7 heteroatoms. The molecule has 0 bridgehead atoms. The first-order valence-corrected chi connectivity index (χ1v) is 8.72. The van der Waals surface area contributed by atoms with Crippen LogP contribution in [0.5, 0.6) is 0 Å². The van der Waals surface area contributed by atoms with Gasteiger partial charge in [0.1, 0.15) is 6.61 Å². The summed E-state index contributed by atoms with van der Waals surface area (Å²) in [4.78, 5) is 38.0. The van der Waals surface area contributed by atoms with E-state index >= 15 is 0 Å². The smallest absolute Gasteiger partial charge is 0.344 e. The Kier molecular flexibility index (Phi) is 7.16. The van der Waals surface area contributed by atoms with Gasteiger partial charge in [-0.1, -0.05) is 30.3 Å². The molecule has 0 aliphatic rings. The zero-order chi connectivity index (χ0) is 19.7. The highest BCUT2D eigenvalue weighted by molar-refractivity contribution is 6.05. The first-order valence-electron chi connectivity index (χ1n) is 8.72. The van der Waals surface area contributed by atoms with Crippen molar-refractivity contribution in [3.63, 3.8) is 0 Å². The van der Waals surface area contributed by atoms with E-state index in [-0.39, 0.29) is 19.8 Å². The van der Waals surface area contributed by atoms with E-state index in [1.165, 1.54) is 17.0 Å². The topological polar surface area (TPSA) is 83.8 Å². The molecule has 0 saturated heterocycles. The highest BCUT2D eigenvalue weighted by Gasteiger charge is 2.52. The average molecular weight is 373 g/mol. The minimum Gasteiger partial charge on any atom is -0.464 e. The van der Waals surface area contributed by atoms with Gasteiger partial charge in [0.05, 0.1) is 19.6 Å². The number of hydrogen-bond donors (Lipinski definition) is 0. The van der Waals surface area contributed by atoms with Crippen molar-refractivity contribution in [2.45, 2.75) is 32.4 Å². The van der Waals surface area contributed by atoms with Gasteiger partial charge >= 0.3 is 17.9 Å². The molecule has 144 valence electrons. The van der Waals surface area contributed by atoms with E-state index in [1.54, 1.807) is 26.0 Å². The van der Waals surface area contributed by atoms with Crippen molar-refractivity contribution < 1.29 is 28.6 Å². The summed E-state index contributed by atoms with van der Waals surface area (Å²) in [7, 11) is 0. The molecule has 2 aromatic rings. The second-order valence-electron chi connectivity index (χ2n) is 5.71. The largest absolute Gasteiger partial charge is 0.464 e. The lowest BCUT2D eigenvalue weighted by Gasteiger charge is -2.29. The van der Waals surface area contributed by atoms with Crippen LogP contribution in [-0.2, 0) is 40.7 Å². The normalized spacial score (nSPS) is 10.9. The number of benzene rings is 1. The van der Waals surface area contributed by atoms with Crippen molar-refractivity contribution in [3.05, 3.63) is 60.4 Å². The molecule has 7 nitrogen and oxygen atoms in total. The number of carbonyl (C=O) groups is 3. The van der Waals surface area contributed by atoms with Crippen LogP contribution in [0.1, 0.15) is 25.8 Å². The van der Waals surface area contributed by atoms with E-state index in [0.29, 0.717) is 0 Å². The van der Waals surface area contributed by atoms with E-state index in [0.717, 1.165) is 5.56 Å². The number of aromatic nitrogens is 1. The fourth-order valence-corrected chi connectivity index (χ4v) is 2.62. The molecule has 0 atom stereocenters. The second-order valence-corrected chi connectivity index (χ2v) is 5.71. The fraction of sp³-hybridized carbons (Fsp3) is 0.350. The van der Waals surface area contributed by atoms with Crippen molar-refractivity contribution in [3.8, 4) is 0 Å². The Labute approximate surface area is 157 Å². The zero-order valence-corrected chi connectivity index (χ0v) is 15.4. The van der Waals surface area contributed by atoms with Crippen LogP contribution in [0.4, 0.5) is 0 Å². The third kappa shape index (κ3) is 4.75. The van der Waals surface area contributed by atoms with Gasteiger partial charge in [-0.05, 0) is 31.5 Å². The van der Waals surface area contributed by atoms with Crippen LogP contribution in [0.3, 0.4) is 0 Å². The summed E-state index contributed by atoms with van der Waals surface area (Å²) in [6, 6.07) is 12.4. The van der Waals surface area contributed by atoms with Crippen LogP contribution in [0, 0.1) is 0 Å². The summed E-state index contributed by atoms with van der Waals surface area (Å²) in [5.41, 5.74) is -1.17. The van der Waals surface area contributed by atoms with Gasteiger partial charge < -0.3 is 18.8 Å². The van der Waals surface area contributed by atoms with Crippen LogP contribution in [0.2, 0.25) is 0 Å². The lowest BCUT2D eigenvalue weighted by molar-refractivity contribution is -0.175. The Bertz CT molecular complexity index is 736. The third-order valence-corrected chi connectivity index (χ3v) is 3.91. The molecule has 0 fully saturated rings. The monoisotopic (exact) mass is 373 g/mol. The van der Waals surface area contributed by atoms with Crippen molar-refractivity contribution in [2.24, 2.45) is 0 Å². The van der Waals surface area contributed by atoms with Gasteiger partial charge in [0.2, 0.25) is 5.54 Å². The zero-order valence-electron chi connectivity index (χ0n) is 15.4. The molecular weight excluding hydrogens is 350 g/mol. The van der Waals surface area contributed by atoms with Crippen LogP contribution >= 0.6 is 0 Å². The van der Waals surface area contributed by atoms with Crippen molar-refractivity contribution >= 4 is 17.9 Å². The lowest BCUT2D eigenvalue weighted by Crippen LogP contribution is -2.52. The summed E-state index contributed by atoms with van der Waals surface area (Å²) < 4.78 is 16.8. The van der Waals surface area contributed by atoms with Gasteiger partial charge in [-0.15, -0.1) is 0 Å². The van der Waals surface area contributed by atoms with Gasteiger partial charge in [-0.3, -0.25) is 4.79 Å². The van der Waals surface area contributed by atoms with Crippen molar-refractivity contribution in [1.29, 1.82) is 0 Å². The molecule has 0 radical (unpaired) electrons. The minimum atomic E-state index is -1.97. The summed E-state index contributed by atoms with van der Waals surface area (Å²) in [5, 5.41) is 0. The molecule has 2 rings (SSSR count). The quantitative estimate of drug-likeness (QED) is 0.381. The second kappa shape index (κ2) is 9.56. The molecule has 0 unspecified atom stereocenters. The molecule has 0 N–H and O–H groups in total. The van der Waals surface area contributed by atoms with Crippen molar-refractivity contribution in [1.82, 2.24) is 4.57 Å². The SMILES string of the molecule is CCOC(=O)C(CC(=O)OCc1ccccc1)(C(=O)OCC)n1cccc1. The standard InChI is InChI=1S/C20H23NO6/c1-3-25-18(23)20(19(24)26-4-2,21-12-8-9-13-21)14-17(22)27-15-16-10-6-5-7-11-16/h5-13H,3-4,14-15H2,1-2H3. The Morgan fingerprint density at radius 3 is 1.93 bits per heavy atom. The van der Waals surface area contributed by atoms with Crippen LogP contribution in [-0.4, -0.2) is 35.7 Å². The van der Waals surface area contributed by atoms with E-state index in [9.17, 15) is 14.4 Å². The summed E-state index contributed by atoms with van der Waals surface area (Å²) >= 11 is 0. The molecule has 1 aromatic heterocycles. The molecule has 0 spiro atoms. The van der Waals surface area contributed by atoms with Gasteiger partial charge in [-0.25, -0.2) is 9.59 Å². The van der Waals surface area contributed by atoms with Crippen LogP contribution in [0.15, 0.2) is 54.9 Å². The molecule has 27 heavy (non-hydrogen) atoms. The number of esters is 3. The van der Waals surface area contributed by atoms with E-state index in [1.807, 2.05) is 30.3 Å². The molecule has 0 saturated carbocycles. The Morgan fingerprint density at radius 2 is 1.41 bits per heavy atom. The number of carbonyl (C=O) groups excluding carboxylic acids is 3. The Morgan fingerprint density at radius 1 is 0.852 bits per heavy atom. The van der Waals surface area contributed by atoms with Crippen LogP contribution < -0.4 is 0 Å². The molecule has 1 heterocycles. The van der Waals surface area contributed by atoms with E-state index < -0.39 is 29.9 Å².